The van der Waals surface area contributed by atoms with Crippen molar-refractivity contribution < 1.29 is 0 Å². The third kappa shape index (κ3) is 198. The Labute approximate surface area is 116 Å². The van der Waals surface area contributed by atoms with Crippen molar-refractivity contribution in [3.8, 4) is 0 Å². The van der Waals surface area contributed by atoms with E-state index in [0.717, 1.165) is 5.92 Å². The highest BCUT2D eigenvalue weighted by Crippen LogP contribution is 1.84. The highest BCUT2D eigenvalue weighted by atomic mass is 15.1. The van der Waals surface area contributed by atoms with E-state index in [1.54, 1.807) is 0 Å². The second-order valence-corrected chi connectivity index (χ2v) is 3.79. The molecule has 0 aromatic carbocycles. The number of nitrogens with zero attached hydrogens (tertiary/aromatic N) is 1. The summed E-state index contributed by atoms with van der Waals surface area (Å²) in [7, 11) is 4.15. The van der Waals surface area contributed by atoms with Crippen LogP contribution in [-0.2, 0) is 0 Å². The van der Waals surface area contributed by atoms with Crippen molar-refractivity contribution in [2.75, 3.05) is 14.1 Å². The van der Waals surface area contributed by atoms with Crippen molar-refractivity contribution in [3.63, 3.8) is 0 Å². The van der Waals surface area contributed by atoms with Crippen LogP contribution >= 0.6 is 0 Å². The molecule has 0 aromatic rings. The van der Waals surface area contributed by atoms with Gasteiger partial charge in [-0.2, -0.15) is 0 Å². The maximum atomic E-state index is 2.17. The van der Waals surface area contributed by atoms with Crippen molar-refractivity contribution in [1.82, 2.24) is 4.90 Å². The average Bonchev–Trinajstić information content (AvgIpc) is 2.10. The van der Waals surface area contributed by atoms with E-state index in [-0.39, 0.29) is 22.3 Å². The largest absolute Gasteiger partial charge is 0.307 e. The summed E-state index contributed by atoms with van der Waals surface area (Å²) in [6, 6.07) is 0.685. The van der Waals surface area contributed by atoms with E-state index in [2.05, 4.69) is 53.6 Å². The van der Waals surface area contributed by atoms with Crippen molar-refractivity contribution in [2.45, 2.75) is 90.6 Å². The number of rotatable bonds is 1. The third-order valence-electron chi connectivity index (χ3n) is 1.03. The van der Waals surface area contributed by atoms with E-state index in [4.69, 9.17) is 0 Å². The molecule has 0 spiro atoms. The molecule has 0 aliphatic rings. The molecule has 0 aromatic heterocycles. The standard InChI is InChI=1S/C5H13N.C4H10.2C2H6.3CH4/c1-5(2)6(3)4;1-4(2)3;2*1-2;;;/h5H,1-4H3;4H,1-3H3;2*1-2H3;3*1H4. The smallest absolute Gasteiger partial charge is 0.00324 e. The van der Waals surface area contributed by atoms with Crippen molar-refractivity contribution >= 4 is 0 Å². The average molecular weight is 254 g/mol. The van der Waals surface area contributed by atoms with Crippen LogP contribution in [0.1, 0.15) is 84.6 Å². The predicted octanol–water partition coefficient (Wildman–Crippen LogP) is 6.58. The van der Waals surface area contributed by atoms with Gasteiger partial charge in [-0.15, -0.1) is 0 Å². The molecule has 0 unspecified atom stereocenters. The second-order valence-electron chi connectivity index (χ2n) is 3.79. The van der Waals surface area contributed by atoms with Gasteiger partial charge in [-0.1, -0.05) is 70.7 Å². The summed E-state index contributed by atoms with van der Waals surface area (Å²) in [4.78, 5) is 2.17. The number of hydrogen-bond donors (Lipinski definition) is 0. The molecular formula is C16H47N. The van der Waals surface area contributed by atoms with Crippen LogP contribution in [0, 0.1) is 5.92 Å². The molecule has 0 radical (unpaired) electrons. The van der Waals surface area contributed by atoms with Crippen LogP contribution in [-0.4, -0.2) is 25.0 Å². The molecule has 0 aliphatic carbocycles. The van der Waals surface area contributed by atoms with Crippen molar-refractivity contribution in [2.24, 2.45) is 5.92 Å². The molecule has 0 heterocycles. The van der Waals surface area contributed by atoms with Gasteiger partial charge in [0.15, 0.2) is 0 Å². The molecule has 0 fully saturated rings. The van der Waals surface area contributed by atoms with E-state index < -0.39 is 0 Å². The van der Waals surface area contributed by atoms with Crippen molar-refractivity contribution in [3.05, 3.63) is 0 Å². The fraction of sp³-hybridized carbons (Fsp3) is 1.00. The molecule has 0 rings (SSSR count). The molecule has 0 amide bonds. The monoisotopic (exact) mass is 253 g/mol. The Morgan fingerprint density at radius 3 is 0.647 bits per heavy atom. The van der Waals surface area contributed by atoms with Gasteiger partial charge in [0.2, 0.25) is 0 Å². The molecular weight excluding hydrogens is 206 g/mol. The van der Waals surface area contributed by atoms with Crippen LogP contribution in [0.3, 0.4) is 0 Å². The van der Waals surface area contributed by atoms with E-state index >= 15 is 0 Å². The lowest BCUT2D eigenvalue weighted by molar-refractivity contribution is 0.335. The zero-order valence-corrected chi connectivity index (χ0v) is 12.6. The van der Waals surface area contributed by atoms with Gasteiger partial charge in [-0.3, -0.25) is 0 Å². The lowest BCUT2D eigenvalue weighted by Crippen LogP contribution is -2.20. The molecule has 1 nitrogen and oxygen atoms in total. The minimum atomic E-state index is 0. The lowest BCUT2D eigenvalue weighted by Gasteiger charge is -2.12. The Morgan fingerprint density at radius 2 is 0.647 bits per heavy atom. The van der Waals surface area contributed by atoms with Crippen LogP contribution in [0.5, 0.6) is 0 Å². The van der Waals surface area contributed by atoms with Gasteiger partial charge in [0, 0.05) is 6.04 Å². The van der Waals surface area contributed by atoms with Crippen LogP contribution in [0.15, 0.2) is 0 Å². The quantitative estimate of drug-likeness (QED) is 0.510. The molecule has 0 N–H and O–H groups in total. The fourth-order valence-corrected chi connectivity index (χ4v) is 0. The first-order valence-corrected chi connectivity index (χ1v) is 6.04. The van der Waals surface area contributed by atoms with E-state index in [1.807, 2.05) is 27.7 Å². The zero-order chi connectivity index (χ0) is 12.7. The topological polar surface area (TPSA) is 3.24 Å². The highest BCUT2D eigenvalue weighted by Gasteiger charge is 1.90. The first kappa shape index (κ1) is 43.5. The zero-order valence-electron chi connectivity index (χ0n) is 12.6. The summed E-state index contributed by atoms with van der Waals surface area (Å²) in [5.74, 6) is 0.833. The maximum Gasteiger partial charge on any atom is 0.00324 e. The SMILES string of the molecule is C.C.C.CC.CC.CC(C)C.CC(C)N(C)C. The van der Waals surface area contributed by atoms with Crippen LogP contribution in [0.4, 0.5) is 0 Å². The summed E-state index contributed by atoms with van der Waals surface area (Å²) in [5, 5.41) is 0. The first-order chi connectivity index (χ1) is 6.37. The van der Waals surface area contributed by atoms with Gasteiger partial charge in [0.25, 0.3) is 0 Å². The number of hydrogen-bond acceptors (Lipinski definition) is 1. The highest BCUT2D eigenvalue weighted by molar-refractivity contribution is 4.46. The van der Waals surface area contributed by atoms with Crippen LogP contribution < -0.4 is 0 Å². The lowest BCUT2D eigenvalue weighted by atomic mass is 10.3. The minimum absolute atomic E-state index is 0. The van der Waals surface area contributed by atoms with Gasteiger partial charge >= 0.3 is 0 Å². The van der Waals surface area contributed by atoms with Crippen molar-refractivity contribution in [1.29, 1.82) is 0 Å². The Morgan fingerprint density at radius 1 is 0.588 bits per heavy atom. The maximum absolute atomic E-state index is 2.17. The van der Waals surface area contributed by atoms with Crippen LogP contribution in [0.2, 0.25) is 0 Å². The molecule has 0 saturated heterocycles. The molecule has 0 saturated carbocycles. The van der Waals surface area contributed by atoms with Crippen LogP contribution in [0.25, 0.3) is 0 Å². The van der Waals surface area contributed by atoms with Gasteiger partial charge in [-0.05, 0) is 33.9 Å². The van der Waals surface area contributed by atoms with E-state index in [0.29, 0.717) is 6.04 Å². The minimum Gasteiger partial charge on any atom is -0.307 e. The molecule has 116 valence electrons. The van der Waals surface area contributed by atoms with Gasteiger partial charge < -0.3 is 4.90 Å². The normalized spacial score (nSPS) is 6.71. The predicted molar refractivity (Wildman–Crippen MR) is 92.2 cm³/mol. The second kappa shape index (κ2) is 44.5. The summed E-state index contributed by atoms with van der Waals surface area (Å²) < 4.78 is 0. The Balaban J connectivity index is -0.0000000164. The van der Waals surface area contributed by atoms with Gasteiger partial charge in [-0.25, -0.2) is 0 Å². The Hall–Kier alpha value is -0.0400. The summed E-state index contributed by atoms with van der Waals surface area (Å²) in [6.07, 6.45) is 0. The Kier molecular flexibility index (Phi) is 114. The first-order valence-electron chi connectivity index (χ1n) is 6.04. The van der Waals surface area contributed by atoms with Gasteiger partial charge in [0.05, 0.1) is 0 Å². The summed E-state index contributed by atoms with van der Waals surface area (Å²) >= 11 is 0. The molecule has 0 aliphatic heterocycles. The van der Waals surface area contributed by atoms with E-state index in [1.165, 1.54) is 0 Å². The summed E-state index contributed by atoms with van der Waals surface area (Å²) in [6.45, 7) is 18.8. The van der Waals surface area contributed by atoms with E-state index in [9.17, 15) is 0 Å². The third-order valence-corrected chi connectivity index (χ3v) is 1.03. The molecule has 17 heavy (non-hydrogen) atoms. The molecule has 1 heteroatoms. The molecule has 0 atom stereocenters. The molecule has 0 bridgehead atoms. The summed E-state index contributed by atoms with van der Waals surface area (Å²) in [5.41, 5.74) is 0. The Bertz CT molecular complexity index is 47.8. The van der Waals surface area contributed by atoms with Gasteiger partial charge in [0.1, 0.15) is 0 Å². The fourth-order valence-electron chi connectivity index (χ4n) is 0.